The van der Waals surface area contributed by atoms with E-state index >= 15 is 0 Å². The molecule has 142 valence electrons. The molecule has 1 aromatic carbocycles. The molecule has 8 nitrogen and oxygen atoms in total. The summed E-state index contributed by atoms with van der Waals surface area (Å²) in [7, 11) is 1.65. The number of anilines is 1. The van der Waals surface area contributed by atoms with Gasteiger partial charge in [0.1, 0.15) is 11.4 Å². The normalized spacial score (nSPS) is 14.0. The Bertz CT molecular complexity index is 790. The van der Waals surface area contributed by atoms with Gasteiger partial charge in [0, 0.05) is 38.9 Å². The van der Waals surface area contributed by atoms with Crippen LogP contribution in [-0.4, -0.2) is 71.9 Å². The lowest BCUT2D eigenvalue weighted by Crippen LogP contribution is -2.48. The molecule has 1 aliphatic heterocycles. The molecule has 2 heterocycles. The average molecular weight is 369 g/mol. The first-order chi connectivity index (χ1) is 13.2. The SMILES string of the molecule is COc1cccc(CCNc2nccc(C(=O)N3CCN(C=O)CC3)n2)c1. The minimum atomic E-state index is -0.140. The molecule has 0 atom stereocenters. The lowest BCUT2D eigenvalue weighted by molar-refractivity contribution is -0.119. The predicted molar refractivity (Wildman–Crippen MR) is 101 cm³/mol. The van der Waals surface area contributed by atoms with Crippen LogP contribution in [0, 0.1) is 0 Å². The average Bonchev–Trinajstić information content (AvgIpc) is 2.73. The van der Waals surface area contributed by atoms with Crippen LogP contribution in [0.15, 0.2) is 36.5 Å². The Hall–Kier alpha value is -3.16. The zero-order valence-corrected chi connectivity index (χ0v) is 15.3. The van der Waals surface area contributed by atoms with Crippen molar-refractivity contribution in [1.29, 1.82) is 0 Å². The number of piperazine rings is 1. The molecule has 8 heteroatoms. The number of amides is 2. The van der Waals surface area contributed by atoms with Crippen molar-refractivity contribution < 1.29 is 14.3 Å². The fourth-order valence-corrected chi connectivity index (χ4v) is 2.90. The van der Waals surface area contributed by atoms with Crippen molar-refractivity contribution in [2.24, 2.45) is 0 Å². The summed E-state index contributed by atoms with van der Waals surface area (Å²) < 4.78 is 5.22. The molecular formula is C19H23N5O3. The second kappa shape index (κ2) is 8.98. The lowest BCUT2D eigenvalue weighted by Gasteiger charge is -2.32. The molecule has 0 aliphatic carbocycles. The number of benzene rings is 1. The van der Waals surface area contributed by atoms with Gasteiger partial charge in [-0.05, 0) is 30.2 Å². The Morgan fingerprint density at radius 1 is 1.26 bits per heavy atom. The highest BCUT2D eigenvalue weighted by molar-refractivity contribution is 5.92. The zero-order valence-electron chi connectivity index (χ0n) is 15.3. The van der Waals surface area contributed by atoms with E-state index in [2.05, 4.69) is 15.3 Å². The Morgan fingerprint density at radius 3 is 2.81 bits per heavy atom. The van der Waals surface area contributed by atoms with E-state index in [9.17, 15) is 9.59 Å². The van der Waals surface area contributed by atoms with Crippen molar-refractivity contribution in [2.45, 2.75) is 6.42 Å². The molecule has 0 radical (unpaired) electrons. The van der Waals surface area contributed by atoms with E-state index in [-0.39, 0.29) is 5.91 Å². The van der Waals surface area contributed by atoms with Gasteiger partial charge in [-0.25, -0.2) is 9.97 Å². The summed E-state index contributed by atoms with van der Waals surface area (Å²) in [6.07, 6.45) is 3.18. The summed E-state index contributed by atoms with van der Waals surface area (Å²) in [6.45, 7) is 2.76. The number of aromatic nitrogens is 2. The van der Waals surface area contributed by atoms with E-state index in [0.29, 0.717) is 44.4 Å². The second-order valence-corrected chi connectivity index (χ2v) is 6.23. The Balaban J connectivity index is 1.55. The highest BCUT2D eigenvalue weighted by atomic mass is 16.5. The number of nitrogens with one attached hydrogen (secondary N) is 1. The van der Waals surface area contributed by atoms with Crippen molar-refractivity contribution >= 4 is 18.3 Å². The summed E-state index contributed by atoms with van der Waals surface area (Å²) in [5, 5.41) is 3.16. The van der Waals surface area contributed by atoms with Crippen LogP contribution in [0.25, 0.3) is 0 Å². The zero-order chi connectivity index (χ0) is 19.1. The minimum Gasteiger partial charge on any atom is -0.497 e. The standard InChI is InChI=1S/C19H23N5O3/c1-27-16-4-2-3-15(13-16)5-7-20-19-21-8-6-17(22-19)18(26)24-11-9-23(14-25)10-12-24/h2-4,6,8,13-14H,5,7,9-12H2,1H3,(H,20,21,22). The van der Waals surface area contributed by atoms with Gasteiger partial charge < -0.3 is 19.9 Å². The van der Waals surface area contributed by atoms with Crippen LogP contribution < -0.4 is 10.1 Å². The van der Waals surface area contributed by atoms with Crippen molar-refractivity contribution in [1.82, 2.24) is 19.8 Å². The largest absolute Gasteiger partial charge is 0.497 e. The molecule has 1 fully saturated rings. The van der Waals surface area contributed by atoms with E-state index in [1.807, 2.05) is 24.3 Å². The van der Waals surface area contributed by atoms with E-state index in [1.54, 1.807) is 29.2 Å². The monoisotopic (exact) mass is 369 g/mol. The number of hydrogen-bond acceptors (Lipinski definition) is 6. The van der Waals surface area contributed by atoms with E-state index in [4.69, 9.17) is 4.74 Å². The maximum atomic E-state index is 12.6. The first-order valence-electron chi connectivity index (χ1n) is 8.88. The number of carbonyl (C=O) groups excluding carboxylic acids is 2. The highest BCUT2D eigenvalue weighted by Crippen LogP contribution is 2.13. The Labute approximate surface area is 158 Å². The molecular weight excluding hydrogens is 346 g/mol. The van der Waals surface area contributed by atoms with Gasteiger partial charge in [0.05, 0.1) is 7.11 Å². The molecule has 0 unspecified atom stereocenters. The fourth-order valence-electron chi connectivity index (χ4n) is 2.90. The second-order valence-electron chi connectivity index (χ2n) is 6.23. The van der Waals surface area contributed by atoms with Crippen LogP contribution in [-0.2, 0) is 11.2 Å². The van der Waals surface area contributed by atoms with Crippen LogP contribution in [0.3, 0.4) is 0 Å². The van der Waals surface area contributed by atoms with Gasteiger partial charge in [-0.2, -0.15) is 0 Å². The van der Waals surface area contributed by atoms with Crippen LogP contribution in [0.4, 0.5) is 5.95 Å². The Kier molecular flexibility index (Phi) is 6.19. The Morgan fingerprint density at radius 2 is 2.07 bits per heavy atom. The first kappa shape index (κ1) is 18.6. The third-order valence-electron chi connectivity index (χ3n) is 4.46. The molecule has 3 rings (SSSR count). The van der Waals surface area contributed by atoms with Gasteiger partial charge in [0.15, 0.2) is 0 Å². The van der Waals surface area contributed by atoms with Gasteiger partial charge in [-0.1, -0.05) is 12.1 Å². The smallest absolute Gasteiger partial charge is 0.272 e. The van der Waals surface area contributed by atoms with Gasteiger partial charge >= 0.3 is 0 Å². The lowest BCUT2D eigenvalue weighted by atomic mass is 10.1. The van der Waals surface area contributed by atoms with Gasteiger partial charge in [-0.3, -0.25) is 9.59 Å². The van der Waals surface area contributed by atoms with Crippen LogP contribution in [0.5, 0.6) is 5.75 Å². The molecule has 2 amide bonds. The summed E-state index contributed by atoms with van der Waals surface area (Å²) >= 11 is 0. The molecule has 27 heavy (non-hydrogen) atoms. The van der Waals surface area contributed by atoms with Crippen LogP contribution in [0.2, 0.25) is 0 Å². The van der Waals surface area contributed by atoms with E-state index < -0.39 is 0 Å². The van der Waals surface area contributed by atoms with E-state index in [1.165, 1.54) is 0 Å². The third kappa shape index (κ3) is 4.93. The van der Waals surface area contributed by atoms with Crippen molar-refractivity contribution in [3.63, 3.8) is 0 Å². The molecule has 2 aromatic rings. The minimum absolute atomic E-state index is 0.140. The fraction of sp³-hybridized carbons (Fsp3) is 0.368. The van der Waals surface area contributed by atoms with Crippen molar-refractivity contribution in [2.75, 3.05) is 45.2 Å². The van der Waals surface area contributed by atoms with Crippen LogP contribution in [0.1, 0.15) is 16.1 Å². The number of carbonyl (C=O) groups is 2. The molecule has 0 spiro atoms. The molecule has 1 saturated heterocycles. The number of methoxy groups -OCH3 is 1. The summed E-state index contributed by atoms with van der Waals surface area (Å²) in [5.41, 5.74) is 1.50. The van der Waals surface area contributed by atoms with Gasteiger partial charge in [-0.15, -0.1) is 0 Å². The maximum absolute atomic E-state index is 12.6. The van der Waals surface area contributed by atoms with Gasteiger partial charge in [0.2, 0.25) is 12.4 Å². The quantitative estimate of drug-likeness (QED) is 0.734. The number of hydrogen-bond donors (Lipinski definition) is 1. The molecule has 0 saturated carbocycles. The highest BCUT2D eigenvalue weighted by Gasteiger charge is 2.22. The van der Waals surface area contributed by atoms with E-state index in [0.717, 1.165) is 24.1 Å². The molecule has 1 aromatic heterocycles. The van der Waals surface area contributed by atoms with Crippen molar-refractivity contribution in [3.8, 4) is 5.75 Å². The van der Waals surface area contributed by atoms with Crippen LogP contribution >= 0.6 is 0 Å². The van der Waals surface area contributed by atoms with Crippen molar-refractivity contribution in [3.05, 3.63) is 47.8 Å². The topological polar surface area (TPSA) is 87.7 Å². The summed E-state index contributed by atoms with van der Waals surface area (Å²) in [5.74, 6) is 1.11. The predicted octanol–water partition coefficient (Wildman–Crippen LogP) is 1.05. The number of ether oxygens (including phenoxy) is 1. The maximum Gasteiger partial charge on any atom is 0.272 e. The summed E-state index contributed by atoms with van der Waals surface area (Å²) in [6, 6.07) is 9.49. The number of rotatable bonds is 7. The van der Waals surface area contributed by atoms with Gasteiger partial charge in [0.25, 0.3) is 5.91 Å². The molecule has 0 bridgehead atoms. The molecule has 1 aliphatic rings. The number of nitrogens with zero attached hydrogens (tertiary/aromatic N) is 4. The summed E-state index contributed by atoms with van der Waals surface area (Å²) in [4.78, 5) is 35.3. The third-order valence-corrected chi connectivity index (χ3v) is 4.46. The first-order valence-corrected chi connectivity index (χ1v) is 8.88. The molecule has 1 N–H and O–H groups in total.